The SMILES string of the molecule is N#Cc1nc(NC(CO)(CO)CO)ccc1N. The van der Waals surface area contributed by atoms with Crippen LogP contribution in [0, 0.1) is 11.3 Å². The quantitative estimate of drug-likeness (QED) is 0.428. The van der Waals surface area contributed by atoms with Crippen LogP contribution in [0.4, 0.5) is 11.5 Å². The molecule has 7 nitrogen and oxygen atoms in total. The Kier molecular flexibility index (Phi) is 4.23. The minimum absolute atomic E-state index is 0.0396. The summed E-state index contributed by atoms with van der Waals surface area (Å²) in [6, 6.07) is 4.78. The first-order valence-electron chi connectivity index (χ1n) is 4.88. The lowest BCUT2D eigenvalue weighted by atomic mass is 10.0. The van der Waals surface area contributed by atoms with Crippen molar-refractivity contribution in [2.75, 3.05) is 30.9 Å². The molecule has 0 unspecified atom stereocenters. The molecule has 0 bridgehead atoms. The third-order valence-electron chi connectivity index (χ3n) is 2.33. The highest BCUT2D eigenvalue weighted by Gasteiger charge is 2.28. The molecule has 6 N–H and O–H groups in total. The van der Waals surface area contributed by atoms with Crippen LogP contribution < -0.4 is 11.1 Å². The lowest BCUT2D eigenvalue weighted by molar-refractivity contribution is 0.0831. The second kappa shape index (κ2) is 5.45. The van der Waals surface area contributed by atoms with Crippen LogP contribution in [0.3, 0.4) is 0 Å². The van der Waals surface area contributed by atoms with Crippen molar-refractivity contribution < 1.29 is 15.3 Å². The van der Waals surface area contributed by atoms with E-state index < -0.39 is 25.4 Å². The van der Waals surface area contributed by atoms with Gasteiger partial charge in [0.2, 0.25) is 0 Å². The third-order valence-corrected chi connectivity index (χ3v) is 2.33. The summed E-state index contributed by atoms with van der Waals surface area (Å²) in [6.07, 6.45) is 0. The second-order valence-corrected chi connectivity index (χ2v) is 3.63. The molecule has 0 aromatic carbocycles. The summed E-state index contributed by atoms with van der Waals surface area (Å²) in [5, 5.41) is 38.8. The van der Waals surface area contributed by atoms with Gasteiger partial charge in [-0.3, -0.25) is 0 Å². The standard InChI is InChI=1S/C10H14N4O3/c11-3-8-7(12)1-2-9(13-8)14-10(4-15,5-16)6-17/h1-2,15-17H,4-6,12H2,(H,13,14). The number of anilines is 2. The summed E-state index contributed by atoms with van der Waals surface area (Å²) in [7, 11) is 0. The van der Waals surface area contributed by atoms with Crippen LogP contribution in [0.25, 0.3) is 0 Å². The molecule has 0 aliphatic carbocycles. The summed E-state index contributed by atoms with van der Waals surface area (Å²) >= 11 is 0. The highest BCUT2D eigenvalue weighted by Crippen LogP contribution is 2.16. The highest BCUT2D eigenvalue weighted by atomic mass is 16.3. The number of pyridine rings is 1. The maximum absolute atomic E-state index is 9.12. The Labute approximate surface area is 98.1 Å². The molecule has 0 aliphatic heterocycles. The molecule has 7 heteroatoms. The van der Waals surface area contributed by atoms with E-state index in [2.05, 4.69) is 10.3 Å². The van der Waals surface area contributed by atoms with Gasteiger partial charge in [-0.05, 0) is 12.1 Å². The monoisotopic (exact) mass is 238 g/mol. The molecule has 0 aliphatic rings. The normalized spacial score (nSPS) is 10.9. The van der Waals surface area contributed by atoms with Crippen molar-refractivity contribution in [3.8, 4) is 6.07 Å². The first-order chi connectivity index (χ1) is 8.10. The van der Waals surface area contributed by atoms with Crippen LogP contribution in [0.1, 0.15) is 5.69 Å². The summed E-state index contributed by atoms with van der Waals surface area (Å²) in [6.45, 7) is -1.43. The molecule has 0 saturated heterocycles. The fraction of sp³-hybridized carbons (Fsp3) is 0.400. The number of hydrogen-bond donors (Lipinski definition) is 5. The van der Waals surface area contributed by atoms with E-state index in [0.717, 1.165) is 0 Å². The Morgan fingerprint density at radius 2 is 1.88 bits per heavy atom. The van der Waals surface area contributed by atoms with Crippen LogP contribution >= 0.6 is 0 Å². The number of aliphatic hydroxyl groups is 3. The highest BCUT2D eigenvalue weighted by molar-refractivity contribution is 5.55. The molecule has 1 aromatic rings. The molecule has 1 heterocycles. The van der Waals surface area contributed by atoms with Crippen molar-refractivity contribution in [3.05, 3.63) is 17.8 Å². The summed E-state index contributed by atoms with van der Waals surface area (Å²) < 4.78 is 0. The van der Waals surface area contributed by atoms with Gasteiger partial charge in [0.15, 0.2) is 5.69 Å². The summed E-state index contributed by atoms with van der Waals surface area (Å²) in [4.78, 5) is 3.89. The minimum Gasteiger partial charge on any atom is -0.396 e. The smallest absolute Gasteiger partial charge is 0.165 e. The molecule has 0 amide bonds. The van der Waals surface area contributed by atoms with Crippen molar-refractivity contribution in [1.82, 2.24) is 4.98 Å². The maximum atomic E-state index is 9.12. The molecule has 0 radical (unpaired) electrons. The van der Waals surface area contributed by atoms with Gasteiger partial charge in [0.05, 0.1) is 25.5 Å². The molecular formula is C10H14N4O3. The lowest BCUT2D eigenvalue weighted by Crippen LogP contribution is -2.49. The van der Waals surface area contributed by atoms with E-state index in [1.807, 2.05) is 6.07 Å². The third kappa shape index (κ3) is 2.82. The average molecular weight is 238 g/mol. The van der Waals surface area contributed by atoms with Crippen LogP contribution in [0.2, 0.25) is 0 Å². The number of nitrogens with one attached hydrogen (secondary N) is 1. The van der Waals surface area contributed by atoms with Gasteiger partial charge in [0, 0.05) is 0 Å². The number of nitrogens with two attached hydrogens (primary N) is 1. The lowest BCUT2D eigenvalue weighted by Gasteiger charge is -2.29. The summed E-state index contributed by atoms with van der Waals surface area (Å²) in [5.41, 5.74) is 4.49. The average Bonchev–Trinajstić information content (AvgIpc) is 2.38. The van der Waals surface area contributed by atoms with Gasteiger partial charge in [-0.2, -0.15) is 5.26 Å². The van der Waals surface area contributed by atoms with Crippen molar-refractivity contribution in [3.63, 3.8) is 0 Å². The Balaban J connectivity index is 2.99. The largest absolute Gasteiger partial charge is 0.396 e. The van der Waals surface area contributed by atoms with E-state index in [1.165, 1.54) is 12.1 Å². The van der Waals surface area contributed by atoms with Gasteiger partial charge < -0.3 is 26.4 Å². The van der Waals surface area contributed by atoms with E-state index in [0.29, 0.717) is 0 Å². The van der Waals surface area contributed by atoms with E-state index in [4.69, 9.17) is 26.3 Å². The van der Waals surface area contributed by atoms with Crippen LogP contribution in [-0.2, 0) is 0 Å². The molecule has 17 heavy (non-hydrogen) atoms. The number of nitrogens with zero attached hydrogens (tertiary/aromatic N) is 2. The van der Waals surface area contributed by atoms with Crippen molar-refractivity contribution in [2.24, 2.45) is 0 Å². The predicted octanol–water partition coefficient (Wildman–Crippen LogP) is -1.34. The molecule has 1 aromatic heterocycles. The van der Waals surface area contributed by atoms with Crippen LogP contribution in [-0.4, -0.2) is 45.7 Å². The Morgan fingerprint density at radius 3 is 2.35 bits per heavy atom. The molecule has 0 fully saturated rings. The first kappa shape index (κ1) is 13.2. The van der Waals surface area contributed by atoms with E-state index in [9.17, 15) is 0 Å². The number of nitriles is 1. The van der Waals surface area contributed by atoms with E-state index in [-0.39, 0.29) is 17.2 Å². The fourth-order valence-electron chi connectivity index (χ4n) is 1.17. The van der Waals surface area contributed by atoms with E-state index in [1.54, 1.807) is 0 Å². The van der Waals surface area contributed by atoms with E-state index >= 15 is 0 Å². The van der Waals surface area contributed by atoms with Crippen molar-refractivity contribution in [2.45, 2.75) is 5.54 Å². The zero-order valence-electron chi connectivity index (χ0n) is 9.09. The van der Waals surface area contributed by atoms with Crippen molar-refractivity contribution in [1.29, 1.82) is 5.26 Å². The van der Waals surface area contributed by atoms with Crippen LogP contribution in [0.5, 0.6) is 0 Å². The number of nitrogen functional groups attached to an aromatic ring is 1. The zero-order valence-corrected chi connectivity index (χ0v) is 9.09. The van der Waals surface area contributed by atoms with Gasteiger partial charge >= 0.3 is 0 Å². The molecule has 0 spiro atoms. The molecule has 0 atom stereocenters. The zero-order chi connectivity index (χ0) is 12.9. The Hall–Kier alpha value is -1.88. The van der Waals surface area contributed by atoms with Gasteiger partial charge in [-0.25, -0.2) is 4.98 Å². The van der Waals surface area contributed by atoms with Gasteiger partial charge in [-0.15, -0.1) is 0 Å². The number of rotatable bonds is 5. The fourth-order valence-corrected chi connectivity index (χ4v) is 1.17. The molecular weight excluding hydrogens is 224 g/mol. The van der Waals surface area contributed by atoms with Crippen molar-refractivity contribution >= 4 is 11.5 Å². The Morgan fingerprint density at radius 1 is 1.29 bits per heavy atom. The number of hydrogen-bond acceptors (Lipinski definition) is 7. The number of aromatic nitrogens is 1. The first-order valence-corrected chi connectivity index (χ1v) is 4.88. The van der Waals surface area contributed by atoms with Gasteiger partial charge in [0.25, 0.3) is 0 Å². The minimum atomic E-state index is -1.28. The second-order valence-electron chi connectivity index (χ2n) is 3.63. The molecule has 92 valence electrons. The maximum Gasteiger partial charge on any atom is 0.165 e. The van der Waals surface area contributed by atoms with Gasteiger partial charge in [0.1, 0.15) is 17.4 Å². The Bertz CT molecular complexity index is 418. The van der Waals surface area contributed by atoms with Crippen LogP contribution in [0.15, 0.2) is 12.1 Å². The topological polar surface area (TPSA) is 135 Å². The predicted molar refractivity (Wildman–Crippen MR) is 61.0 cm³/mol. The van der Waals surface area contributed by atoms with Gasteiger partial charge in [-0.1, -0.05) is 0 Å². The molecule has 0 saturated carbocycles. The summed E-state index contributed by atoms with van der Waals surface area (Å²) in [5.74, 6) is 0.243. The molecule has 1 rings (SSSR count). The number of aliphatic hydroxyl groups excluding tert-OH is 3.